The fourth-order valence-electron chi connectivity index (χ4n) is 4.29. The molecule has 1 unspecified atom stereocenters. The summed E-state index contributed by atoms with van der Waals surface area (Å²) in [6, 6.07) is 0. The van der Waals surface area contributed by atoms with Crippen LogP contribution >= 0.6 is 11.8 Å². The Morgan fingerprint density at radius 1 is 1.19 bits per heavy atom. The Morgan fingerprint density at radius 3 is 2.70 bits per heavy atom. The predicted molar refractivity (Wildman–Crippen MR) is 100 cm³/mol. The summed E-state index contributed by atoms with van der Waals surface area (Å²) < 4.78 is 16.5. The molecule has 27 heavy (non-hydrogen) atoms. The van der Waals surface area contributed by atoms with E-state index in [9.17, 15) is 4.79 Å². The highest BCUT2D eigenvalue weighted by atomic mass is 32.2. The molecule has 9 heteroatoms. The van der Waals surface area contributed by atoms with E-state index in [1.54, 1.807) is 11.8 Å². The number of piperidine rings is 1. The Labute approximate surface area is 163 Å². The van der Waals surface area contributed by atoms with Crippen LogP contribution in [0.25, 0.3) is 0 Å². The number of thioether (sulfide) groups is 1. The quantitative estimate of drug-likeness (QED) is 0.658. The van der Waals surface area contributed by atoms with Crippen molar-refractivity contribution in [3.63, 3.8) is 0 Å². The van der Waals surface area contributed by atoms with E-state index in [1.165, 1.54) is 0 Å². The summed E-state index contributed by atoms with van der Waals surface area (Å²) in [5.41, 5.74) is -0.299. The van der Waals surface area contributed by atoms with Crippen LogP contribution < -0.4 is 0 Å². The molecule has 1 spiro atoms. The van der Waals surface area contributed by atoms with E-state index in [0.29, 0.717) is 12.4 Å². The van der Waals surface area contributed by atoms with Gasteiger partial charge in [-0.25, -0.2) is 0 Å². The summed E-state index contributed by atoms with van der Waals surface area (Å²) >= 11 is 1.68. The number of carbonyl (C=O) groups is 1. The molecule has 0 radical (unpaired) electrons. The molecular weight excluding hydrogens is 368 g/mol. The van der Waals surface area contributed by atoms with Gasteiger partial charge in [-0.05, 0) is 32.2 Å². The predicted octanol–water partition coefficient (Wildman–Crippen LogP) is 1.16. The van der Waals surface area contributed by atoms with Gasteiger partial charge in [-0.2, -0.15) is 16.7 Å². The molecule has 0 aliphatic carbocycles. The molecule has 0 N–H and O–H groups in total. The Hall–Kier alpha value is -1.16. The number of aromatic nitrogens is 2. The number of hydrogen-bond donors (Lipinski definition) is 0. The first-order chi connectivity index (χ1) is 13.2. The molecule has 1 atom stereocenters. The summed E-state index contributed by atoms with van der Waals surface area (Å²) in [6.07, 6.45) is 4.57. The molecule has 8 nitrogen and oxygen atoms in total. The third-order valence-corrected chi connectivity index (χ3v) is 6.39. The molecule has 4 heterocycles. The third kappa shape index (κ3) is 4.47. The van der Waals surface area contributed by atoms with E-state index in [1.807, 2.05) is 6.26 Å². The molecule has 4 rings (SSSR count). The second-order valence-corrected chi connectivity index (χ2v) is 8.60. The minimum Gasteiger partial charge on any atom is -0.461 e. The number of ether oxygens (including phenoxy) is 2. The van der Waals surface area contributed by atoms with Crippen LogP contribution in [-0.2, 0) is 26.6 Å². The average molecular weight is 397 g/mol. The second kappa shape index (κ2) is 8.46. The smallest absolute Gasteiger partial charge is 0.312 e. The monoisotopic (exact) mass is 396 g/mol. The Kier molecular flexibility index (Phi) is 6.01. The molecule has 1 aromatic rings. The van der Waals surface area contributed by atoms with Gasteiger partial charge in [-0.1, -0.05) is 5.16 Å². The van der Waals surface area contributed by atoms with Crippen LogP contribution in [-0.4, -0.2) is 84.2 Å². The van der Waals surface area contributed by atoms with Crippen LogP contribution in [0.2, 0.25) is 0 Å². The van der Waals surface area contributed by atoms with Gasteiger partial charge in [0, 0.05) is 26.1 Å². The van der Waals surface area contributed by atoms with Gasteiger partial charge in [0.25, 0.3) is 0 Å². The number of rotatable bonds is 6. The number of hydrogen-bond acceptors (Lipinski definition) is 9. The van der Waals surface area contributed by atoms with Gasteiger partial charge in [0.1, 0.15) is 6.10 Å². The first kappa shape index (κ1) is 19.2. The van der Waals surface area contributed by atoms with Crippen molar-refractivity contribution in [3.05, 3.63) is 11.7 Å². The van der Waals surface area contributed by atoms with Crippen molar-refractivity contribution >= 4 is 17.7 Å². The molecule has 0 saturated carbocycles. The normalized spacial score (nSPS) is 26.6. The highest BCUT2D eigenvalue weighted by Crippen LogP contribution is 2.43. The lowest BCUT2D eigenvalue weighted by Gasteiger charge is -2.36. The summed E-state index contributed by atoms with van der Waals surface area (Å²) in [7, 11) is 0. The van der Waals surface area contributed by atoms with Gasteiger partial charge in [0.15, 0.2) is 5.82 Å². The lowest BCUT2D eigenvalue weighted by atomic mass is 9.76. The molecule has 0 aromatic carbocycles. The summed E-state index contributed by atoms with van der Waals surface area (Å²) in [5.74, 6) is 2.18. The Bertz CT molecular complexity index is 641. The van der Waals surface area contributed by atoms with E-state index in [2.05, 4.69) is 19.9 Å². The standard InChI is InChI=1S/C18H28N4O4S/c1-27-13-15-19-16(26-20-15)12-21-4-2-18(3-5-21)10-14(25-17(18)23)11-22-6-8-24-9-7-22/h14H,2-13H2,1H3. The maximum Gasteiger partial charge on any atom is 0.312 e. The lowest BCUT2D eigenvalue weighted by Crippen LogP contribution is -2.43. The fraction of sp³-hybridized carbons (Fsp3) is 0.833. The highest BCUT2D eigenvalue weighted by molar-refractivity contribution is 7.97. The van der Waals surface area contributed by atoms with Gasteiger partial charge >= 0.3 is 5.97 Å². The molecule has 3 aliphatic heterocycles. The molecule has 1 aromatic heterocycles. The number of morpholine rings is 1. The first-order valence-corrected chi connectivity index (χ1v) is 11.1. The van der Waals surface area contributed by atoms with Crippen molar-refractivity contribution in [1.29, 1.82) is 0 Å². The number of cyclic esters (lactones) is 1. The minimum atomic E-state index is -0.299. The van der Waals surface area contributed by atoms with Crippen molar-refractivity contribution in [2.24, 2.45) is 5.41 Å². The van der Waals surface area contributed by atoms with E-state index >= 15 is 0 Å². The van der Waals surface area contributed by atoms with Crippen LogP contribution in [0.4, 0.5) is 0 Å². The Balaban J connectivity index is 1.27. The molecule has 0 bridgehead atoms. The molecule has 0 amide bonds. The zero-order chi connectivity index (χ0) is 18.7. The first-order valence-electron chi connectivity index (χ1n) is 9.71. The zero-order valence-corrected chi connectivity index (χ0v) is 16.7. The lowest BCUT2D eigenvalue weighted by molar-refractivity contribution is -0.151. The van der Waals surface area contributed by atoms with Gasteiger partial charge in [0.05, 0.1) is 30.9 Å². The number of likely N-dealkylation sites (tertiary alicyclic amines) is 1. The zero-order valence-electron chi connectivity index (χ0n) is 15.9. The van der Waals surface area contributed by atoms with E-state index in [4.69, 9.17) is 14.0 Å². The maximum atomic E-state index is 12.6. The van der Waals surface area contributed by atoms with Crippen LogP contribution in [0.5, 0.6) is 0 Å². The van der Waals surface area contributed by atoms with E-state index in [-0.39, 0.29) is 17.5 Å². The third-order valence-electron chi connectivity index (χ3n) is 5.85. The molecule has 150 valence electrons. The van der Waals surface area contributed by atoms with Crippen molar-refractivity contribution in [2.75, 3.05) is 52.2 Å². The summed E-state index contributed by atoms with van der Waals surface area (Å²) in [4.78, 5) is 21.7. The number of carbonyl (C=O) groups excluding carboxylic acids is 1. The topological polar surface area (TPSA) is 80.9 Å². The van der Waals surface area contributed by atoms with E-state index in [0.717, 1.165) is 76.8 Å². The largest absolute Gasteiger partial charge is 0.461 e. The highest BCUT2D eigenvalue weighted by Gasteiger charge is 2.50. The molecule has 3 aliphatic rings. The fourth-order valence-corrected chi connectivity index (χ4v) is 4.67. The SMILES string of the molecule is CSCc1noc(CN2CCC3(CC2)CC(CN2CCOCC2)OC3=O)n1. The number of esters is 1. The van der Waals surface area contributed by atoms with Crippen molar-refractivity contribution in [2.45, 2.75) is 37.7 Å². The average Bonchev–Trinajstić information content (AvgIpc) is 3.23. The number of nitrogens with zero attached hydrogens (tertiary/aromatic N) is 4. The van der Waals surface area contributed by atoms with Crippen LogP contribution in [0.15, 0.2) is 4.52 Å². The second-order valence-electron chi connectivity index (χ2n) is 7.74. The Morgan fingerprint density at radius 2 is 1.96 bits per heavy atom. The van der Waals surface area contributed by atoms with Crippen molar-refractivity contribution < 1.29 is 18.8 Å². The van der Waals surface area contributed by atoms with Crippen LogP contribution in [0, 0.1) is 5.41 Å². The summed E-state index contributed by atoms with van der Waals surface area (Å²) in [5, 5.41) is 4.00. The molecule has 3 fully saturated rings. The minimum absolute atomic E-state index is 0.000423. The van der Waals surface area contributed by atoms with Gasteiger partial charge in [0.2, 0.25) is 5.89 Å². The van der Waals surface area contributed by atoms with Crippen molar-refractivity contribution in [3.8, 4) is 0 Å². The van der Waals surface area contributed by atoms with Gasteiger partial charge < -0.3 is 14.0 Å². The van der Waals surface area contributed by atoms with Crippen LogP contribution in [0.1, 0.15) is 31.0 Å². The summed E-state index contributed by atoms with van der Waals surface area (Å²) in [6.45, 7) is 6.61. The van der Waals surface area contributed by atoms with Gasteiger partial charge in [-0.15, -0.1) is 0 Å². The van der Waals surface area contributed by atoms with E-state index < -0.39 is 0 Å². The molecule has 3 saturated heterocycles. The maximum absolute atomic E-state index is 12.6. The molecular formula is C18H28N4O4S. The van der Waals surface area contributed by atoms with Crippen LogP contribution in [0.3, 0.4) is 0 Å². The van der Waals surface area contributed by atoms with Crippen molar-refractivity contribution in [1.82, 2.24) is 19.9 Å². The van der Waals surface area contributed by atoms with Gasteiger partial charge in [-0.3, -0.25) is 14.6 Å².